The van der Waals surface area contributed by atoms with E-state index in [4.69, 9.17) is 9.84 Å². The van der Waals surface area contributed by atoms with E-state index in [1.54, 1.807) is 0 Å². The summed E-state index contributed by atoms with van der Waals surface area (Å²) < 4.78 is 5.66. The largest absolute Gasteiger partial charge is 0.481 e. The Kier molecular flexibility index (Phi) is 2.73. The average molecular weight is 206 g/mol. The van der Waals surface area contributed by atoms with Gasteiger partial charge in [0, 0.05) is 6.61 Å². The molecular formula is C12H14O3. The lowest BCUT2D eigenvalue weighted by molar-refractivity contribution is -0.143. The van der Waals surface area contributed by atoms with Crippen LogP contribution in [0.25, 0.3) is 0 Å². The van der Waals surface area contributed by atoms with Crippen molar-refractivity contribution in [2.45, 2.75) is 24.9 Å². The quantitative estimate of drug-likeness (QED) is 0.824. The first-order valence-corrected chi connectivity index (χ1v) is 5.14. The number of carboxylic acids is 1. The lowest BCUT2D eigenvalue weighted by Gasteiger charge is -2.27. The molecule has 0 aromatic heterocycles. The summed E-state index contributed by atoms with van der Waals surface area (Å²) in [4.78, 5) is 10.9. The summed E-state index contributed by atoms with van der Waals surface area (Å²) in [5.41, 5.74) is 0.387. The van der Waals surface area contributed by atoms with Crippen molar-refractivity contribution in [2.75, 3.05) is 6.61 Å². The highest BCUT2D eigenvalue weighted by molar-refractivity contribution is 5.68. The van der Waals surface area contributed by atoms with Crippen molar-refractivity contribution in [1.29, 1.82) is 0 Å². The van der Waals surface area contributed by atoms with Crippen LogP contribution in [0.1, 0.15) is 24.8 Å². The second kappa shape index (κ2) is 4.03. The molecule has 15 heavy (non-hydrogen) atoms. The molecule has 1 aromatic rings. The van der Waals surface area contributed by atoms with Crippen molar-refractivity contribution >= 4 is 5.97 Å². The molecule has 1 heterocycles. The van der Waals surface area contributed by atoms with Crippen LogP contribution >= 0.6 is 0 Å². The number of carboxylic acid groups (broad SMARTS) is 1. The van der Waals surface area contributed by atoms with Crippen molar-refractivity contribution in [3.63, 3.8) is 0 Å². The standard InChI is InChI=1S/C12H14O3/c13-11(14)9-12(7-4-8-15-12)10-5-2-1-3-6-10/h1-3,5-6H,4,7-9H2,(H,13,14). The lowest BCUT2D eigenvalue weighted by atomic mass is 9.88. The van der Waals surface area contributed by atoms with E-state index < -0.39 is 11.6 Å². The summed E-state index contributed by atoms with van der Waals surface area (Å²) in [6, 6.07) is 9.64. The molecular weight excluding hydrogens is 192 g/mol. The van der Waals surface area contributed by atoms with Crippen LogP contribution in [0.15, 0.2) is 30.3 Å². The molecule has 1 unspecified atom stereocenters. The van der Waals surface area contributed by atoms with Crippen LogP contribution in [0.4, 0.5) is 0 Å². The van der Waals surface area contributed by atoms with E-state index in [-0.39, 0.29) is 6.42 Å². The van der Waals surface area contributed by atoms with Gasteiger partial charge in [-0.05, 0) is 18.4 Å². The number of hydrogen-bond acceptors (Lipinski definition) is 2. The predicted molar refractivity (Wildman–Crippen MR) is 55.6 cm³/mol. The molecule has 1 atom stereocenters. The summed E-state index contributed by atoms with van der Waals surface area (Å²) >= 11 is 0. The Balaban J connectivity index is 2.30. The third-order valence-corrected chi connectivity index (χ3v) is 2.84. The van der Waals surface area contributed by atoms with Gasteiger partial charge >= 0.3 is 5.97 Å². The third kappa shape index (κ3) is 2.02. The molecule has 1 N–H and O–H groups in total. The molecule has 1 aromatic carbocycles. The summed E-state index contributed by atoms with van der Waals surface area (Å²) in [6.07, 6.45) is 1.78. The van der Waals surface area contributed by atoms with E-state index in [2.05, 4.69) is 0 Å². The zero-order valence-electron chi connectivity index (χ0n) is 8.48. The van der Waals surface area contributed by atoms with E-state index in [1.165, 1.54) is 0 Å². The lowest BCUT2D eigenvalue weighted by Crippen LogP contribution is -2.28. The van der Waals surface area contributed by atoms with Crippen LogP contribution in [-0.4, -0.2) is 17.7 Å². The van der Waals surface area contributed by atoms with Gasteiger partial charge in [-0.3, -0.25) is 4.79 Å². The van der Waals surface area contributed by atoms with Gasteiger partial charge in [0.15, 0.2) is 0 Å². The minimum Gasteiger partial charge on any atom is -0.481 e. The number of aliphatic carboxylic acids is 1. The van der Waals surface area contributed by atoms with Gasteiger partial charge in [-0.15, -0.1) is 0 Å². The summed E-state index contributed by atoms with van der Waals surface area (Å²) in [5.74, 6) is -0.805. The smallest absolute Gasteiger partial charge is 0.306 e. The van der Waals surface area contributed by atoms with Gasteiger partial charge in [-0.2, -0.15) is 0 Å². The molecule has 0 bridgehead atoms. The van der Waals surface area contributed by atoms with Crippen molar-refractivity contribution in [3.8, 4) is 0 Å². The van der Waals surface area contributed by atoms with Crippen LogP contribution in [0.2, 0.25) is 0 Å². The molecule has 80 valence electrons. The number of ether oxygens (including phenoxy) is 1. The Bertz CT molecular complexity index is 339. The molecule has 1 aliphatic heterocycles. The highest BCUT2D eigenvalue weighted by Crippen LogP contribution is 2.38. The first-order valence-electron chi connectivity index (χ1n) is 5.14. The van der Waals surface area contributed by atoms with Crippen LogP contribution in [-0.2, 0) is 15.1 Å². The fraction of sp³-hybridized carbons (Fsp3) is 0.417. The van der Waals surface area contributed by atoms with Crippen LogP contribution < -0.4 is 0 Å². The number of rotatable bonds is 3. The van der Waals surface area contributed by atoms with Gasteiger partial charge in [0.2, 0.25) is 0 Å². The monoisotopic (exact) mass is 206 g/mol. The molecule has 1 aliphatic rings. The summed E-state index contributed by atoms with van der Waals surface area (Å²) in [7, 11) is 0. The predicted octanol–water partition coefficient (Wildman–Crippen LogP) is 2.17. The normalized spacial score (nSPS) is 25.3. The molecule has 0 spiro atoms. The molecule has 0 radical (unpaired) electrons. The maximum Gasteiger partial charge on any atom is 0.306 e. The fourth-order valence-corrected chi connectivity index (χ4v) is 2.15. The zero-order chi connectivity index (χ0) is 10.7. The van der Waals surface area contributed by atoms with E-state index in [1.807, 2.05) is 30.3 Å². The van der Waals surface area contributed by atoms with E-state index in [0.717, 1.165) is 18.4 Å². The molecule has 2 rings (SSSR count). The second-order valence-corrected chi connectivity index (χ2v) is 3.88. The van der Waals surface area contributed by atoms with Gasteiger partial charge in [0.05, 0.1) is 6.42 Å². The van der Waals surface area contributed by atoms with Crippen LogP contribution in [0, 0.1) is 0 Å². The molecule has 0 aliphatic carbocycles. The minimum atomic E-state index is -0.805. The van der Waals surface area contributed by atoms with E-state index >= 15 is 0 Å². The Morgan fingerprint density at radius 2 is 2.13 bits per heavy atom. The van der Waals surface area contributed by atoms with Crippen molar-refractivity contribution in [2.24, 2.45) is 0 Å². The number of carbonyl (C=O) groups is 1. The SMILES string of the molecule is O=C(O)CC1(c2ccccc2)CCCO1. The highest BCUT2D eigenvalue weighted by Gasteiger charge is 2.38. The summed E-state index contributed by atoms with van der Waals surface area (Å²) in [5, 5.41) is 8.92. The Morgan fingerprint density at radius 3 is 2.67 bits per heavy atom. The maximum atomic E-state index is 10.9. The van der Waals surface area contributed by atoms with Gasteiger partial charge in [-0.25, -0.2) is 0 Å². The van der Waals surface area contributed by atoms with Gasteiger partial charge in [-0.1, -0.05) is 30.3 Å². The topological polar surface area (TPSA) is 46.5 Å². The van der Waals surface area contributed by atoms with Crippen molar-refractivity contribution < 1.29 is 14.6 Å². The van der Waals surface area contributed by atoms with Gasteiger partial charge < -0.3 is 9.84 Å². The van der Waals surface area contributed by atoms with E-state index in [0.29, 0.717) is 6.61 Å². The van der Waals surface area contributed by atoms with Crippen LogP contribution in [0.5, 0.6) is 0 Å². The molecule has 3 heteroatoms. The molecule has 1 fully saturated rings. The van der Waals surface area contributed by atoms with Gasteiger partial charge in [0.1, 0.15) is 5.60 Å². The Morgan fingerprint density at radius 1 is 1.40 bits per heavy atom. The first kappa shape index (κ1) is 10.2. The Hall–Kier alpha value is -1.35. The van der Waals surface area contributed by atoms with Crippen molar-refractivity contribution in [3.05, 3.63) is 35.9 Å². The first-order chi connectivity index (χ1) is 7.23. The summed E-state index contributed by atoms with van der Waals surface area (Å²) in [6.45, 7) is 0.655. The van der Waals surface area contributed by atoms with Crippen LogP contribution in [0.3, 0.4) is 0 Å². The molecule has 0 saturated carbocycles. The zero-order valence-corrected chi connectivity index (χ0v) is 8.48. The van der Waals surface area contributed by atoms with Gasteiger partial charge in [0.25, 0.3) is 0 Å². The third-order valence-electron chi connectivity index (χ3n) is 2.84. The van der Waals surface area contributed by atoms with Crippen molar-refractivity contribution in [1.82, 2.24) is 0 Å². The highest BCUT2D eigenvalue weighted by atomic mass is 16.5. The molecule has 0 amide bonds. The number of benzene rings is 1. The fourth-order valence-electron chi connectivity index (χ4n) is 2.15. The minimum absolute atomic E-state index is 0.0526. The number of hydrogen-bond donors (Lipinski definition) is 1. The molecule has 3 nitrogen and oxygen atoms in total. The Labute approximate surface area is 88.7 Å². The average Bonchev–Trinajstić information content (AvgIpc) is 2.68. The second-order valence-electron chi connectivity index (χ2n) is 3.88. The van der Waals surface area contributed by atoms with E-state index in [9.17, 15) is 4.79 Å². The maximum absolute atomic E-state index is 10.9. The molecule has 1 saturated heterocycles.